The third kappa shape index (κ3) is 6.61. The van der Waals surface area contributed by atoms with Gasteiger partial charge in [-0.15, -0.1) is 0 Å². The molecule has 0 unspecified atom stereocenters. The van der Waals surface area contributed by atoms with E-state index in [1.807, 2.05) is 0 Å². The van der Waals surface area contributed by atoms with Crippen molar-refractivity contribution in [1.29, 1.82) is 0 Å². The van der Waals surface area contributed by atoms with Gasteiger partial charge >= 0.3 is 0 Å². The van der Waals surface area contributed by atoms with E-state index in [0.717, 1.165) is 12.2 Å². The molecule has 34 heavy (non-hydrogen) atoms. The van der Waals surface area contributed by atoms with Crippen LogP contribution >= 0.6 is 0 Å². The molecule has 0 bridgehead atoms. The second-order valence-electron chi connectivity index (χ2n) is 7.32. The second-order valence-corrected chi connectivity index (χ2v) is 7.32. The van der Waals surface area contributed by atoms with Gasteiger partial charge in [-0.1, -0.05) is 36.4 Å². The summed E-state index contributed by atoms with van der Waals surface area (Å²) >= 11 is 0. The molecule has 0 atom stereocenters. The van der Waals surface area contributed by atoms with Gasteiger partial charge in [0.15, 0.2) is 17.5 Å². The first-order chi connectivity index (χ1) is 16.4. The number of carbonyl (C=O) groups excluding carboxylic acids is 4. The Bertz CT molecular complexity index is 1170. The number of aldehydes is 1. The molecule has 0 aliphatic rings. The SMILES string of the molecule is O=Cc1ccc(NC(=O)C(C(=O)/C=C/c2ccc(O)cc2)C(=O)/C=C/c2ccc(O)cc2)cc1. The molecule has 0 aliphatic carbocycles. The Morgan fingerprint density at radius 3 is 1.47 bits per heavy atom. The number of carbonyl (C=O) groups is 4. The number of amides is 1. The number of anilines is 1. The summed E-state index contributed by atoms with van der Waals surface area (Å²) in [4.78, 5) is 49.5. The molecule has 0 radical (unpaired) electrons. The van der Waals surface area contributed by atoms with Crippen molar-refractivity contribution < 1.29 is 29.4 Å². The number of phenolic OH excluding ortho intramolecular Hbond substituents is 2. The molecule has 3 aromatic rings. The van der Waals surface area contributed by atoms with Gasteiger partial charge in [0.25, 0.3) is 0 Å². The van der Waals surface area contributed by atoms with E-state index < -0.39 is 23.4 Å². The van der Waals surface area contributed by atoms with Gasteiger partial charge in [-0.05, 0) is 71.8 Å². The van der Waals surface area contributed by atoms with Crippen LogP contribution in [0.15, 0.2) is 84.9 Å². The fourth-order valence-electron chi connectivity index (χ4n) is 2.98. The molecule has 0 spiro atoms. The van der Waals surface area contributed by atoms with Crippen LogP contribution in [0.5, 0.6) is 11.5 Å². The van der Waals surface area contributed by atoms with Crippen LogP contribution in [0, 0.1) is 5.92 Å². The van der Waals surface area contributed by atoms with Gasteiger partial charge in [0, 0.05) is 11.3 Å². The van der Waals surface area contributed by atoms with Crippen LogP contribution in [0.25, 0.3) is 12.2 Å². The molecular formula is C27H21NO6. The molecule has 3 aromatic carbocycles. The second kappa shape index (κ2) is 11.2. The van der Waals surface area contributed by atoms with Crippen molar-refractivity contribution >= 4 is 41.6 Å². The number of nitrogens with one attached hydrogen (secondary N) is 1. The van der Waals surface area contributed by atoms with Crippen molar-refractivity contribution in [1.82, 2.24) is 0 Å². The largest absolute Gasteiger partial charge is 0.508 e. The molecule has 0 heterocycles. The number of ketones is 2. The molecule has 1 amide bonds. The number of benzene rings is 3. The normalized spacial score (nSPS) is 11.1. The van der Waals surface area contributed by atoms with Crippen molar-refractivity contribution in [3.63, 3.8) is 0 Å². The van der Waals surface area contributed by atoms with E-state index >= 15 is 0 Å². The number of hydrogen-bond donors (Lipinski definition) is 3. The first kappa shape index (κ1) is 23.9. The van der Waals surface area contributed by atoms with Gasteiger partial charge in [0.2, 0.25) is 5.91 Å². The van der Waals surface area contributed by atoms with Gasteiger partial charge in [-0.2, -0.15) is 0 Å². The highest BCUT2D eigenvalue weighted by molar-refractivity contribution is 6.28. The summed E-state index contributed by atoms with van der Waals surface area (Å²) in [5, 5.41) is 21.3. The molecule has 0 saturated heterocycles. The highest BCUT2D eigenvalue weighted by Gasteiger charge is 2.31. The predicted octanol–water partition coefficient (Wildman–Crippen LogP) is 4.03. The third-order valence-electron chi connectivity index (χ3n) is 4.81. The first-order valence-corrected chi connectivity index (χ1v) is 10.2. The quantitative estimate of drug-likeness (QED) is 0.255. The minimum atomic E-state index is -1.65. The monoisotopic (exact) mass is 455 g/mol. The topological polar surface area (TPSA) is 121 Å². The highest BCUT2D eigenvalue weighted by atomic mass is 16.3. The molecule has 7 nitrogen and oxygen atoms in total. The lowest BCUT2D eigenvalue weighted by atomic mass is 9.95. The number of allylic oxidation sites excluding steroid dienone is 2. The van der Waals surface area contributed by atoms with Crippen molar-refractivity contribution in [3.8, 4) is 11.5 Å². The fraction of sp³-hybridized carbons (Fsp3) is 0.0370. The minimum absolute atomic E-state index is 0.0656. The maximum Gasteiger partial charge on any atom is 0.243 e. The minimum Gasteiger partial charge on any atom is -0.508 e. The van der Waals surface area contributed by atoms with Crippen molar-refractivity contribution in [2.45, 2.75) is 0 Å². The zero-order valence-electron chi connectivity index (χ0n) is 17.9. The van der Waals surface area contributed by atoms with E-state index in [2.05, 4.69) is 5.32 Å². The average Bonchev–Trinajstić information content (AvgIpc) is 2.84. The summed E-state index contributed by atoms with van der Waals surface area (Å²) in [5.41, 5.74) is 1.94. The van der Waals surface area contributed by atoms with Crippen LogP contribution in [-0.2, 0) is 14.4 Å². The summed E-state index contributed by atoms with van der Waals surface area (Å²) in [6.45, 7) is 0. The van der Waals surface area contributed by atoms with E-state index in [4.69, 9.17) is 0 Å². The number of rotatable bonds is 9. The first-order valence-electron chi connectivity index (χ1n) is 10.2. The van der Waals surface area contributed by atoms with Crippen molar-refractivity contribution in [2.24, 2.45) is 5.92 Å². The average molecular weight is 455 g/mol. The van der Waals surface area contributed by atoms with Crippen LogP contribution < -0.4 is 5.32 Å². The van der Waals surface area contributed by atoms with E-state index in [9.17, 15) is 29.4 Å². The highest BCUT2D eigenvalue weighted by Crippen LogP contribution is 2.16. The smallest absolute Gasteiger partial charge is 0.243 e. The zero-order valence-corrected chi connectivity index (χ0v) is 17.9. The van der Waals surface area contributed by atoms with E-state index in [-0.39, 0.29) is 11.5 Å². The number of phenols is 2. The van der Waals surface area contributed by atoms with Gasteiger partial charge in [-0.25, -0.2) is 0 Å². The summed E-state index contributed by atoms with van der Waals surface area (Å²) in [6.07, 6.45) is 5.82. The molecule has 3 N–H and O–H groups in total. The van der Waals surface area contributed by atoms with Crippen LogP contribution in [0.3, 0.4) is 0 Å². The van der Waals surface area contributed by atoms with Gasteiger partial charge in [0.1, 0.15) is 17.8 Å². The summed E-state index contributed by atoms with van der Waals surface area (Å²) < 4.78 is 0. The number of hydrogen-bond acceptors (Lipinski definition) is 6. The molecule has 0 aromatic heterocycles. The van der Waals surface area contributed by atoms with Crippen LogP contribution in [-0.4, -0.2) is 34.0 Å². The standard InChI is InChI=1S/C27H21NO6/c29-17-20-1-9-21(10-2-20)28-27(34)26(24(32)15-7-18-3-11-22(30)12-4-18)25(33)16-8-19-5-13-23(31)14-6-19/h1-17,26,30-31H,(H,28,34)/b15-7+,16-8+. The molecule has 3 rings (SSSR count). The molecular weight excluding hydrogens is 434 g/mol. The Kier molecular flexibility index (Phi) is 7.86. The lowest BCUT2D eigenvalue weighted by Crippen LogP contribution is -2.34. The number of aromatic hydroxyl groups is 2. The Balaban J connectivity index is 1.83. The lowest BCUT2D eigenvalue weighted by molar-refractivity contribution is -0.134. The summed E-state index contributed by atoms with van der Waals surface area (Å²) in [7, 11) is 0. The van der Waals surface area contributed by atoms with Crippen molar-refractivity contribution in [2.75, 3.05) is 5.32 Å². The molecule has 170 valence electrons. The zero-order chi connectivity index (χ0) is 24.5. The Morgan fingerprint density at radius 2 is 1.06 bits per heavy atom. The van der Waals surface area contributed by atoms with Crippen molar-refractivity contribution in [3.05, 3.63) is 102 Å². The lowest BCUT2D eigenvalue weighted by Gasteiger charge is -2.12. The molecule has 0 aliphatic heterocycles. The van der Waals surface area contributed by atoms with Gasteiger partial charge in [0.05, 0.1) is 0 Å². The molecule has 0 fully saturated rings. The van der Waals surface area contributed by atoms with Gasteiger partial charge in [-0.3, -0.25) is 19.2 Å². The Hall–Kier alpha value is -4.78. The summed E-state index contributed by atoms with van der Waals surface area (Å²) in [5.74, 6) is -3.79. The predicted molar refractivity (Wildman–Crippen MR) is 128 cm³/mol. The Morgan fingerprint density at radius 1 is 0.647 bits per heavy atom. The van der Waals surface area contributed by atoms with E-state index in [1.165, 1.54) is 60.7 Å². The Labute approximate surface area is 195 Å². The maximum absolute atomic E-state index is 12.9. The van der Waals surface area contributed by atoms with E-state index in [1.54, 1.807) is 24.3 Å². The maximum atomic E-state index is 12.9. The molecule has 0 saturated carbocycles. The van der Waals surface area contributed by atoms with Crippen LogP contribution in [0.2, 0.25) is 0 Å². The fourth-order valence-corrected chi connectivity index (χ4v) is 2.98. The van der Waals surface area contributed by atoms with Gasteiger partial charge < -0.3 is 15.5 Å². The molecule has 7 heteroatoms. The van der Waals surface area contributed by atoms with E-state index in [0.29, 0.717) is 28.7 Å². The van der Waals surface area contributed by atoms with Crippen LogP contribution in [0.4, 0.5) is 5.69 Å². The third-order valence-corrected chi connectivity index (χ3v) is 4.81. The van der Waals surface area contributed by atoms with Crippen LogP contribution in [0.1, 0.15) is 21.5 Å². The summed E-state index contributed by atoms with van der Waals surface area (Å²) in [6, 6.07) is 18.1.